The van der Waals surface area contributed by atoms with Gasteiger partial charge in [-0.25, -0.2) is 4.98 Å². The van der Waals surface area contributed by atoms with Crippen molar-refractivity contribution in [1.82, 2.24) is 25.1 Å². The highest BCUT2D eigenvalue weighted by atomic mass is 35.5. The van der Waals surface area contributed by atoms with Crippen molar-refractivity contribution >= 4 is 46.9 Å². The zero-order valence-electron chi connectivity index (χ0n) is 15.3. The number of anilines is 1. The molecule has 0 bridgehead atoms. The number of halogens is 4. The number of aromatic nitrogens is 4. The number of alkyl halides is 3. The number of thiophene rings is 1. The first-order chi connectivity index (χ1) is 14.3. The maximum atomic E-state index is 12.6. The molecule has 160 valence electrons. The molecule has 0 atom stereocenters. The number of carbonyl (C=O) groups excluding carboxylic acids is 1. The summed E-state index contributed by atoms with van der Waals surface area (Å²) in [6.07, 6.45) is -3.62. The van der Waals surface area contributed by atoms with E-state index in [2.05, 4.69) is 25.8 Å². The van der Waals surface area contributed by atoms with Gasteiger partial charge in [0.2, 0.25) is 5.91 Å². The van der Waals surface area contributed by atoms with Crippen molar-refractivity contribution in [3.05, 3.63) is 45.1 Å². The highest BCUT2D eigenvalue weighted by Crippen LogP contribution is 2.32. The molecule has 0 aliphatic carbocycles. The molecule has 0 aromatic carbocycles. The van der Waals surface area contributed by atoms with Gasteiger partial charge in [0.1, 0.15) is 5.82 Å². The predicted molar refractivity (Wildman–Crippen MR) is 111 cm³/mol. The van der Waals surface area contributed by atoms with Gasteiger partial charge in [-0.3, -0.25) is 14.5 Å². The van der Waals surface area contributed by atoms with E-state index in [0.717, 1.165) is 10.9 Å². The van der Waals surface area contributed by atoms with E-state index in [1.807, 2.05) is 17.5 Å². The molecule has 13 heteroatoms. The monoisotopic (exact) mass is 476 g/mol. The molecule has 30 heavy (non-hydrogen) atoms. The lowest BCUT2D eigenvalue weighted by Crippen LogP contribution is -2.29. The van der Waals surface area contributed by atoms with Crippen LogP contribution in [0.1, 0.15) is 12.0 Å². The fourth-order valence-corrected chi connectivity index (χ4v) is 3.71. The maximum Gasteiger partial charge on any atom is 0.417 e. The van der Waals surface area contributed by atoms with Crippen LogP contribution in [-0.4, -0.2) is 38.7 Å². The number of pyridine rings is 1. The molecule has 7 nitrogen and oxygen atoms in total. The van der Waals surface area contributed by atoms with E-state index < -0.39 is 11.7 Å². The van der Waals surface area contributed by atoms with Crippen LogP contribution in [0.5, 0.6) is 0 Å². The second-order valence-electron chi connectivity index (χ2n) is 6.06. The Hall–Kier alpha value is -2.44. The van der Waals surface area contributed by atoms with Crippen LogP contribution < -0.4 is 10.6 Å². The van der Waals surface area contributed by atoms with Crippen LogP contribution in [0.2, 0.25) is 5.02 Å². The summed E-state index contributed by atoms with van der Waals surface area (Å²) in [5.74, 6) is 0.584. The Morgan fingerprint density at radius 3 is 2.83 bits per heavy atom. The number of hydrogen-bond acceptors (Lipinski definition) is 6. The van der Waals surface area contributed by atoms with Crippen LogP contribution in [0.3, 0.4) is 0 Å². The van der Waals surface area contributed by atoms with Crippen LogP contribution >= 0.6 is 35.2 Å². The molecular formula is C17H16ClF3N6OS2. The molecule has 0 saturated carbocycles. The number of hydrogen-bond donors (Lipinski definition) is 3. The summed E-state index contributed by atoms with van der Waals surface area (Å²) < 4.78 is 40.0. The number of carbonyl (C=O) groups is 1. The van der Waals surface area contributed by atoms with Gasteiger partial charge in [-0.15, -0.1) is 11.3 Å². The van der Waals surface area contributed by atoms with Gasteiger partial charge in [0, 0.05) is 32.3 Å². The Bertz CT molecular complexity index is 1060. The number of amides is 1. The number of aromatic amines is 1. The van der Waals surface area contributed by atoms with Gasteiger partial charge < -0.3 is 10.6 Å². The normalized spacial score (nSPS) is 11.5. The highest BCUT2D eigenvalue weighted by Gasteiger charge is 2.31. The first-order valence-electron chi connectivity index (χ1n) is 8.68. The van der Waals surface area contributed by atoms with Crippen LogP contribution in [0.25, 0.3) is 10.7 Å². The summed E-state index contributed by atoms with van der Waals surface area (Å²) in [4.78, 5) is 16.7. The minimum absolute atomic E-state index is 0.115. The Morgan fingerprint density at radius 1 is 1.37 bits per heavy atom. The average molecular weight is 477 g/mol. The van der Waals surface area contributed by atoms with Crippen molar-refractivity contribution in [3.8, 4) is 10.7 Å². The molecule has 0 aliphatic rings. The minimum atomic E-state index is -4.51. The summed E-state index contributed by atoms with van der Waals surface area (Å²) in [5.41, 5.74) is -0.925. The molecule has 0 fully saturated rings. The fraction of sp³-hybridized carbons (Fsp3) is 0.294. The van der Waals surface area contributed by atoms with Gasteiger partial charge in [-0.2, -0.15) is 18.3 Å². The Morgan fingerprint density at radius 2 is 2.17 bits per heavy atom. The van der Waals surface area contributed by atoms with Crippen LogP contribution in [-0.2, 0) is 17.5 Å². The Balaban J connectivity index is 1.45. The lowest BCUT2D eigenvalue weighted by molar-refractivity contribution is -0.137. The molecule has 3 heterocycles. The topological polar surface area (TPSA) is 87.6 Å². The van der Waals surface area contributed by atoms with Gasteiger partial charge >= 0.3 is 6.18 Å². The first kappa shape index (κ1) is 22.2. The second kappa shape index (κ2) is 9.58. The minimum Gasteiger partial charge on any atom is -0.367 e. The van der Waals surface area contributed by atoms with Crippen LogP contribution in [0.15, 0.2) is 29.8 Å². The Kier molecular flexibility index (Phi) is 7.10. The highest BCUT2D eigenvalue weighted by molar-refractivity contribution is 7.71. The molecular weight excluding hydrogens is 461 g/mol. The maximum absolute atomic E-state index is 12.6. The van der Waals surface area contributed by atoms with Crippen LogP contribution in [0, 0.1) is 4.77 Å². The van der Waals surface area contributed by atoms with Gasteiger partial charge in [0.05, 0.1) is 15.5 Å². The van der Waals surface area contributed by atoms with Gasteiger partial charge in [-0.05, 0) is 29.7 Å². The van der Waals surface area contributed by atoms with E-state index in [4.69, 9.17) is 23.8 Å². The van der Waals surface area contributed by atoms with Crippen molar-refractivity contribution in [1.29, 1.82) is 0 Å². The fourth-order valence-electron chi connectivity index (χ4n) is 2.53. The molecule has 0 spiro atoms. The van der Waals surface area contributed by atoms with Crippen molar-refractivity contribution in [3.63, 3.8) is 0 Å². The summed E-state index contributed by atoms with van der Waals surface area (Å²) >= 11 is 12.6. The zero-order valence-corrected chi connectivity index (χ0v) is 17.7. The number of H-pyrrole nitrogens is 1. The van der Waals surface area contributed by atoms with E-state index in [9.17, 15) is 18.0 Å². The third kappa shape index (κ3) is 5.58. The standard InChI is InChI=1S/C17H16ClF3N6OS2/c18-11-8-10(17(19,20)21)9-24-14(11)23-5-4-22-13(28)3-6-27-15(25-26-16(27)29)12-2-1-7-30-12/h1-2,7-9H,3-6H2,(H,22,28)(H,23,24)(H,26,29). The number of nitrogens with zero attached hydrogens (tertiary/aromatic N) is 3. The zero-order chi connectivity index (χ0) is 21.7. The lowest BCUT2D eigenvalue weighted by Gasteiger charge is -2.11. The molecule has 3 aromatic heterocycles. The first-order valence-corrected chi connectivity index (χ1v) is 10.3. The van der Waals surface area contributed by atoms with Crippen molar-refractivity contribution in [2.24, 2.45) is 0 Å². The number of nitrogens with one attached hydrogen (secondary N) is 3. The van der Waals surface area contributed by atoms with Crippen molar-refractivity contribution in [2.45, 2.75) is 19.1 Å². The molecule has 3 rings (SSSR count). The second-order valence-corrected chi connectivity index (χ2v) is 7.80. The largest absolute Gasteiger partial charge is 0.417 e. The van der Waals surface area contributed by atoms with Crippen LogP contribution in [0.4, 0.5) is 19.0 Å². The quantitative estimate of drug-likeness (QED) is 0.332. The van der Waals surface area contributed by atoms with E-state index in [0.29, 0.717) is 23.3 Å². The third-order valence-electron chi connectivity index (χ3n) is 3.97. The smallest absolute Gasteiger partial charge is 0.367 e. The molecule has 3 N–H and O–H groups in total. The molecule has 3 aromatic rings. The van der Waals surface area contributed by atoms with Gasteiger partial charge in [0.15, 0.2) is 10.6 Å². The van der Waals surface area contributed by atoms with E-state index in [-0.39, 0.29) is 36.3 Å². The molecule has 1 amide bonds. The molecule has 0 saturated heterocycles. The Labute approximate surface area is 183 Å². The van der Waals surface area contributed by atoms with E-state index in [1.165, 1.54) is 11.3 Å². The number of rotatable bonds is 8. The van der Waals surface area contributed by atoms with Crippen molar-refractivity contribution < 1.29 is 18.0 Å². The summed E-state index contributed by atoms with van der Waals surface area (Å²) in [5, 5.41) is 14.2. The molecule has 0 radical (unpaired) electrons. The summed E-state index contributed by atoms with van der Waals surface area (Å²) in [7, 11) is 0. The SMILES string of the molecule is O=C(CCn1c(-c2cccs2)n[nH]c1=S)NCCNc1ncc(C(F)(F)F)cc1Cl. The predicted octanol–water partition coefficient (Wildman–Crippen LogP) is 4.35. The van der Waals surface area contributed by atoms with Gasteiger partial charge in [0.25, 0.3) is 0 Å². The summed E-state index contributed by atoms with van der Waals surface area (Å²) in [6.45, 7) is 0.843. The van der Waals surface area contributed by atoms with Crippen molar-refractivity contribution in [2.75, 3.05) is 18.4 Å². The van der Waals surface area contributed by atoms with Gasteiger partial charge in [-0.1, -0.05) is 17.7 Å². The third-order valence-corrected chi connectivity index (χ3v) is 5.44. The molecule has 0 aliphatic heterocycles. The lowest BCUT2D eigenvalue weighted by atomic mass is 10.3. The summed E-state index contributed by atoms with van der Waals surface area (Å²) in [6, 6.07) is 4.62. The average Bonchev–Trinajstić information content (AvgIpc) is 3.33. The van der Waals surface area contributed by atoms with E-state index in [1.54, 1.807) is 4.57 Å². The van der Waals surface area contributed by atoms with E-state index >= 15 is 0 Å². The molecule has 0 unspecified atom stereocenters.